The number of nitrogens with zero attached hydrogens (tertiary/aromatic N) is 1. The van der Waals surface area contributed by atoms with Crippen LogP contribution in [0.3, 0.4) is 0 Å². The number of nitrogens with one attached hydrogen (secondary N) is 1. The van der Waals surface area contributed by atoms with Gasteiger partial charge in [0, 0.05) is 23.9 Å². The number of hydrogen-bond donors (Lipinski definition) is 1. The predicted octanol–water partition coefficient (Wildman–Crippen LogP) is 4.83. The highest BCUT2D eigenvalue weighted by atomic mass is 35.5. The molecule has 4 nitrogen and oxygen atoms in total. The van der Waals surface area contributed by atoms with Gasteiger partial charge in [-0.1, -0.05) is 61.0 Å². The Kier molecular flexibility index (Phi) is 9.55. The van der Waals surface area contributed by atoms with Crippen LogP contribution in [0.15, 0.2) is 48.5 Å². The van der Waals surface area contributed by atoms with Crippen LogP contribution in [0.25, 0.3) is 0 Å². The number of rotatable bonds is 10. The zero-order valence-corrected chi connectivity index (χ0v) is 18.9. The molecule has 2 aromatic rings. The number of carbonyl (C=O) groups excluding carboxylic acids is 2. The van der Waals surface area contributed by atoms with Crippen molar-refractivity contribution in [2.75, 3.05) is 12.3 Å². The monoisotopic (exact) mass is 432 g/mol. The van der Waals surface area contributed by atoms with Crippen molar-refractivity contribution in [3.8, 4) is 0 Å². The van der Waals surface area contributed by atoms with Crippen molar-refractivity contribution in [1.82, 2.24) is 10.2 Å². The highest BCUT2D eigenvalue weighted by Crippen LogP contribution is 2.22. The molecule has 0 fully saturated rings. The molecule has 2 rings (SSSR count). The van der Waals surface area contributed by atoms with Gasteiger partial charge >= 0.3 is 0 Å². The number of amides is 2. The Morgan fingerprint density at radius 1 is 1.07 bits per heavy atom. The summed E-state index contributed by atoms with van der Waals surface area (Å²) in [6, 6.07) is 15.1. The van der Waals surface area contributed by atoms with Gasteiger partial charge in [0.05, 0.1) is 5.75 Å². The third kappa shape index (κ3) is 6.79. The van der Waals surface area contributed by atoms with Gasteiger partial charge < -0.3 is 10.2 Å². The van der Waals surface area contributed by atoms with Gasteiger partial charge in [-0.15, -0.1) is 11.8 Å². The first-order valence-electron chi connectivity index (χ1n) is 9.90. The second-order valence-electron chi connectivity index (χ2n) is 6.85. The molecule has 0 radical (unpaired) electrons. The van der Waals surface area contributed by atoms with Crippen molar-refractivity contribution in [1.29, 1.82) is 0 Å². The number of carbonyl (C=O) groups is 2. The van der Waals surface area contributed by atoms with E-state index in [2.05, 4.69) is 24.4 Å². The molecule has 156 valence electrons. The molecule has 0 heterocycles. The Labute approximate surface area is 183 Å². The first kappa shape index (κ1) is 23.3. The van der Waals surface area contributed by atoms with Crippen molar-refractivity contribution >= 4 is 35.2 Å². The average Bonchev–Trinajstić information content (AvgIpc) is 2.70. The molecule has 1 atom stereocenters. The highest BCUT2D eigenvalue weighted by molar-refractivity contribution is 7.99. The summed E-state index contributed by atoms with van der Waals surface area (Å²) in [4.78, 5) is 27.4. The molecule has 0 aliphatic rings. The van der Waals surface area contributed by atoms with Crippen LogP contribution >= 0.6 is 23.4 Å². The zero-order valence-electron chi connectivity index (χ0n) is 17.3. The third-order valence-electron chi connectivity index (χ3n) is 4.78. The fourth-order valence-corrected chi connectivity index (χ4v) is 4.31. The van der Waals surface area contributed by atoms with E-state index in [-0.39, 0.29) is 11.8 Å². The minimum Gasteiger partial charge on any atom is -0.355 e. The molecule has 0 aliphatic heterocycles. The number of halogens is 1. The maximum absolute atomic E-state index is 13.1. The molecule has 0 saturated carbocycles. The Bertz CT molecular complexity index is 828. The van der Waals surface area contributed by atoms with Crippen LogP contribution in [0, 0.1) is 6.92 Å². The van der Waals surface area contributed by atoms with Gasteiger partial charge in [-0.25, -0.2) is 0 Å². The molecular weight excluding hydrogens is 404 g/mol. The summed E-state index contributed by atoms with van der Waals surface area (Å²) >= 11 is 7.89. The lowest BCUT2D eigenvalue weighted by Gasteiger charge is -2.30. The molecule has 0 aromatic heterocycles. The van der Waals surface area contributed by atoms with Crippen LogP contribution in [-0.4, -0.2) is 35.1 Å². The molecule has 1 N–H and O–H groups in total. The number of thioether (sulfide) groups is 1. The van der Waals surface area contributed by atoms with Gasteiger partial charge in [-0.3, -0.25) is 9.59 Å². The highest BCUT2D eigenvalue weighted by Gasteiger charge is 2.28. The van der Waals surface area contributed by atoms with Gasteiger partial charge in [0.1, 0.15) is 6.04 Å². The number of likely N-dealkylation sites (N-methyl/N-ethyl adjacent to an activating group) is 1. The van der Waals surface area contributed by atoms with E-state index < -0.39 is 6.04 Å². The Morgan fingerprint density at radius 3 is 2.34 bits per heavy atom. The van der Waals surface area contributed by atoms with E-state index in [1.807, 2.05) is 44.2 Å². The standard InChI is InChI=1S/C23H29ClN2O2S/c1-4-21(23(28)25-5-2)26(14-18-11-8-9-13-20(18)24)22(27)16-29-15-19-12-7-6-10-17(19)3/h6-13,21H,4-5,14-16H2,1-3H3,(H,25,28). The molecule has 0 saturated heterocycles. The van der Waals surface area contributed by atoms with Gasteiger partial charge in [-0.05, 0) is 43.0 Å². The largest absolute Gasteiger partial charge is 0.355 e. The molecule has 1 unspecified atom stereocenters. The predicted molar refractivity (Wildman–Crippen MR) is 122 cm³/mol. The van der Waals surface area contributed by atoms with Gasteiger partial charge in [0.2, 0.25) is 11.8 Å². The fourth-order valence-electron chi connectivity index (χ4n) is 3.12. The number of aryl methyl sites for hydroxylation is 1. The van der Waals surface area contributed by atoms with Gasteiger partial charge in [-0.2, -0.15) is 0 Å². The first-order chi connectivity index (χ1) is 14.0. The second-order valence-corrected chi connectivity index (χ2v) is 8.24. The Hall–Kier alpha value is -1.98. The van der Waals surface area contributed by atoms with Crippen molar-refractivity contribution < 1.29 is 9.59 Å². The maximum Gasteiger partial charge on any atom is 0.242 e. The molecule has 29 heavy (non-hydrogen) atoms. The molecule has 2 amide bonds. The van der Waals surface area contributed by atoms with Crippen LogP contribution in [0.4, 0.5) is 0 Å². The minimum atomic E-state index is -0.516. The summed E-state index contributed by atoms with van der Waals surface area (Å²) < 4.78 is 0. The van der Waals surface area contributed by atoms with E-state index >= 15 is 0 Å². The molecule has 0 bridgehead atoms. The van der Waals surface area contributed by atoms with E-state index in [0.29, 0.717) is 30.3 Å². The minimum absolute atomic E-state index is 0.0541. The van der Waals surface area contributed by atoms with E-state index in [1.54, 1.807) is 22.7 Å². The van der Waals surface area contributed by atoms with Crippen molar-refractivity contribution in [3.63, 3.8) is 0 Å². The van der Waals surface area contributed by atoms with Crippen LogP contribution < -0.4 is 5.32 Å². The summed E-state index contributed by atoms with van der Waals surface area (Å²) in [6.45, 7) is 6.73. The van der Waals surface area contributed by atoms with Crippen LogP contribution in [0.1, 0.15) is 37.0 Å². The van der Waals surface area contributed by atoms with Crippen LogP contribution in [0.5, 0.6) is 0 Å². The summed E-state index contributed by atoms with van der Waals surface area (Å²) in [5.41, 5.74) is 3.28. The lowest BCUT2D eigenvalue weighted by molar-refractivity contribution is -0.139. The first-order valence-corrected chi connectivity index (χ1v) is 11.4. The summed E-state index contributed by atoms with van der Waals surface area (Å²) in [6.07, 6.45) is 0.546. The normalized spacial score (nSPS) is 11.7. The molecule has 2 aromatic carbocycles. The van der Waals surface area contributed by atoms with E-state index in [1.165, 1.54) is 11.1 Å². The maximum atomic E-state index is 13.1. The zero-order chi connectivity index (χ0) is 21.2. The van der Waals surface area contributed by atoms with E-state index in [0.717, 1.165) is 11.3 Å². The summed E-state index contributed by atoms with van der Waals surface area (Å²) in [5.74, 6) is 0.895. The SMILES string of the molecule is CCNC(=O)C(CC)N(Cc1ccccc1Cl)C(=O)CSCc1ccccc1C. The molecule has 0 aliphatic carbocycles. The molecule has 6 heteroatoms. The fraction of sp³-hybridized carbons (Fsp3) is 0.391. The lowest BCUT2D eigenvalue weighted by Crippen LogP contribution is -2.49. The summed E-state index contributed by atoms with van der Waals surface area (Å²) in [7, 11) is 0. The van der Waals surface area contributed by atoms with Crippen molar-refractivity contribution in [2.45, 2.75) is 45.5 Å². The Balaban J connectivity index is 2.14. The van der Waals surface area contributed by atoms with E-state index in [4.69, 9.17) is 11.6 Å². The van der Waals surface area contributed by atoms with Crippen LogP contribution in [0.2, 0.25) is 5.02 Å². The average molecular weight is 433 g/mol. The second kappa shape index (κ2) is 11.9. The summed E-state index contributed by atoms with van der Waals surface area (Å²) in [5, 5.41) is 3.45. The Morgan fingerprint density at radius 2 is 1.72 bits per heavy atom. The van der Waals surface area contributed by atoms with Crippen LogP contribution in [-0.2, 0) is 21.9 Å². The number of benzene rings is 2. The smallest absolute Gasteiger partial charge is 0.242 e. The van der Waals surface area contributed by atoms with Crippen molar-refractivity contribution in [3.05, 3.63) is 70.2 Å². The quantitative estimate of drug-likeness (QED) is 0.585. The van der Waals surface area contributed by atoms with Gasteiger partial charge in [0.25, 0.3) is 0 Å². The third-order valence-corrected chi connectivity index (χ3v) is 6.11. The van der Waals surface area contributed by atoms with Gasteiger partial charge in [0.15, 0.2) is 0 Å². The molecule has 0 spiro atoms. The van der Waals surface area contributed by atoms with E-state index in [9.17, 15) is 9.59 Å². The van der Waals surface area contributed by atoms with Crippen molar-refractivity contribution in [2.24, 2.45) is 0 Å². The number of hydrogen-bond acceptors (Lipinski definition) is 3. The lowest BCUT2D eigenvalue weighted by atomic mass is 10.1. The topological polar surface area (TPSA) is 49.4 Å². The molecular formula is C23H29ClN2O2S.